The molecule has 0 amide bonds. The second kappa shape index (κ2) is 3.94. The van der Waals surface area contributed by atoms with E-state index in [0.29, 0.717) is 0 Å². The van der Waals surface area contributed by atoms with Gasteiger partial charge in [-0.3, -0.25) is 4.68 Å². The topological polar surface area (TPSA) is 38.1 Å². The largest absolute Gasteiger partial charge is 0.507 e. The lowest BCUT2D eigenvalue weighted by Crippen LogP contribution is -1.99. The standard InChI is InChI=1S/C14H12N2O/c17-14-8-4-7-13-12(14)10-16(15-13)9-11-5-2-1-3-6-11/h1-8,10,17H,9H2. The van der Waals surface area contributed by atoms with E-state index < -0.39 is 0 Å². The van der Waals surface area contributed by atoms with Crippen LogP contribution >= 0.6 is 0 Å². The molecule has 84 valence electrons. The van der Waals surface area contributed by atoms with E-state index in [1.165, 1.54) is 5.56 Å². The van der Waals surface area contributed by atoms with Crippen molar-refractivity contribution in [1.82, 2.24) is 9.78 Å². The number of aromatic hydroxyl groups is 1. The highest BCUT2D eigenvalue weighted by Crippen LogP contribution is 2.23. The number of phenolic OH excluding ortho intramolecular Hbond substituents is 1. The number of benzene rings is 2. The fourth-order valence-corrected chi connectivity index (χ4v) is 1.93. The third kappa shape index (κ3) is 1.87. The van der Waals surface area contributed by atoms with Crippen LogP contribution in [-0.2, 0) is 6.54 Å². The van der Waals surface area contributed by atoms with Gasteiger partial charge in [0.05, 0.1) is 17.4 Å². The minimum absolute atomic E-state index is 0.279. The van der Waals surface area contributed by atoms with Gasteiger partial charge in [0, 0.05) is 6.20 Å². The van der Waals surface area contributed by atoms with E-state index >= 15 is 0 Å². The molecule has 0 unspecified atom stereocenters. The van der Waals surface area contributed by atoms with Gasteiger partial charge in [0.25, 0.3) is 0 Å². The molecule has 0 bridgehead atoms. The molecule has 1 N–H and O–H groups in total. The van der Waals surface area contributed by atoms with Crippen molar-refractivity contribution in [2.24, 2.45) is 0 Å². The smallest absolute Gasteiger partial charge is 0.126 e. The zero-order chi connectivity index (χ0) is 11.7. The zero-order valence-corrected chi connectivity index (χ0v) is 9.24. The fourth-order valence-electron chi connectivity index (χ4n) is 1.93. The summed E-state index contributed by atoms with van der Waals surface area (Å²) in [5, 5.41) is 14.9. The zero-order valence-electron chi connectivity index (χ0n) is 9.24. The number of nitrogens with zero attached hydrogens (tertiary/aromatic N) is 2. The van der Waals surface area contributed by atoms with Crippen LogP contribution in [0.15, 0.2) is 54.7 Å². The quantitative estimate of drug-likeness (QED) is 0.726. The van der Waals surface area contributed by atoms with Crippen molar-refractivity contribution < 1.29 is 5.11 Å². The van der Waals surface area contributed by atoms with E-state index in [4.69, 9.17) is 0 Å². The first-order valence-corrected chi connectivity index (χ1v) is 5.52. The number of fused-ring (bicyclic) bond motifs is 1. The molecule has 1 heterocycles. The average Bonchev–Trinajstić information content (AvgIpc) is 2.74. The average molecular weight is 224 g/mol. The van der Waals surface area contributed by atoms with E-state index in [-0.39, 0.29) is 5.75 Å². The number of rotatable bonds is 2. The van der Waals surface area contributed by atoms with Crippen LogP contribution in [0.4, 0.5) is 0 Å². The Labute approximate surface area is 98.9 Å². The van der Waals surface area contributed by atoms with Crippen LogP contribution in [-0.4, -0.2) is 14.9 Å². The van der Waals surface area contributed by atoms with Gasteiger partial charge >= 0.3 is 0 Å². The molecule has 0 spiro atoms. The normalized spacial score (nSPS) is 10.8. The SMILES string of the molecule is Oc1cccc2nn(Cc3ccccc3)cc12. The molecule has 3 aromatic rings. The molecule has 0 saturated carbocycles. The Kier molecular flexibility index (Phi) is 2.29. The molecule has 2 aromatic carbocycles. The highest BCUT2D eigenvalue weighted by molar-refractivity contribution is 5.84. The highest BCUT2D eigenvalue weighted by Gasteiger charge is 2.04. The monoisotopic (exact) mass is 224 g/mol. The summed E-state index contributed by atoms with van der Waals surface area (Å²) >= 11 is 0. The van der Waals surface area contributed by atoms with Gasteiger partial charge in [-0.2, -0.15) is 5.10 Å². The van der Waals surface area contributed by atoms with Gasteiger partial charge in [-0.1, -0.05) is 36.4 Å². The van der Waals surface area contributed by atoms with E-state index in [1.807, 2.05) is 35.1 Å². The van der Waals surface area contributed by atoms with Crippen molar-refractivity contribution in [3.8, 4) is 5.75 Å². The summed E-state index contributed by atoms with van der Waals surface area (Å²) in [7, 11) is 0. The molecule has 3 heteroatoms. The second-order valence-electron chi connectivity index (χ2n) is 4.02. The molecule has 3 rings (SSSR count). The van der Waals surface area contributed by atoms with Crippen molar-refractivity contribution in [3.05, 3.63) is 60.3 Å². The molecule has 0 aliphatic carbocycles. The van der Waals surface area contributed by atoms with Gasteiger partial charge in [-0.05, 0) is 17.7 Å². The summed E-state index contributed by atoms with van der Waals surface area (Å²) in [5.74, 6) is 0.279. The van der Waals surface area contributed by atoms with Gasteiger partial charge in [0.1, 0.15) is 5.75 Å². The van der Waals surface area contributed by atoms with Crippen LogP contribution < -0.4 is 0 Å². The number of hydrogen-bond donors (Lipinski definition) is 1. The van der Waals surface area contributed by atoms with E-state index in [1.54, 1.807) is 12.1 Å². The lowest BCUT2D eigenvalue weighted by molar-refractivity contribution is 0.481. The molecular weight excluding hydrogens is 212 g/mol. The molecule has 0 aliphatic heterocycles. The molecule has 0 saturated heterocycles. The van der Waals surface area contributed by atoms with Gasteiger partial charge in [0.15, 0.2) is 0 Å². The van der Waals surface area contributed by atoms with Crippen molar-refractivity contribution in [3.63, 3.8) is 0 Å². The molecule has 1 aromatic heterocycles. The van der Waals surface area contributed by atoms with Crippen molar-refractivity contribution in [2.45, 2.75) is 6.54 Å². The number of phenols is 1. The maximum absolute atomic E-state index is 9.70. The van der Waals surface area contributed by atoms with Crippen LogP contribution in [0.5, 0.6) is 5.75 Å². The van der Waals surface area contributed by atoms with Crippen LogP contribution in [0.2, 0.25) is 0 Å². The van der Waals surface area contributed by atoms with Gasteiger partial charge < -0.3 is 5.11 Å². The Morgan fingerprint density at radius 3 is 2.59 bits per heavy atom. The minimum atomic E-state index is 0.279. The first-order chi connectivity index (χ1) is 8.33. The third-order valence-electron chi connectivity index (χ3n) is 2.76. The van der Waals surface area contributed by atoms with Crippen LogP contribution in [0.3, 0.4) is 0 Å². The predicted molar refractivity (Wildman–Crippen MR) is 66.9 cm³/mol. The van der Waals surface area contributed by atoms with Crippen LogP contribution in [0.1, 0.15) is 5.56 Å². The predicted octanol–water partition coefficient (Wildman–Crippen LogP) is 2.79. The lowest BCUT2D eigenvalue weighted by Gasteiger charge is -2.00. The summed E-state index contributed by atoms with van der Waals surface area (Å²) in [4.78, 5) is 0. The summed E-state index contributed by atoms with van der Waals surface area (Å²) < 4.78 is 1.85. The summed E-state index contributed by atoms with van der Waals surface area (Å²) in [6.45, 7) is 0.717. The number of hydrogen-bond acceptors (Lipinski definition) is 2. The molecule has 0 fully saturated rings. The Balaban J connectivity index is 1.99. The summed E-state index contributed by atoms with van der Waals surface area (Å²) in [6, 6.07) is 15.5. The van der Waals surface area contributed by atoms with Gasteiger partial charge in [0.2, 0.25) is 0 Å². The molecular formula is C14H12N2O. The summed E-state index contributed by atoms with van der Waals surface area (Å²) in [5.41, 5.74) is 2.01. The van der Waals surface area contributed by atoms with E-state index in [9.17, 15) is 5.11 Å². The Morgan fingerprint density at radius 2 is 1.82 bits per heavy atom. The second-order valence-corrected chi connectivity index (χ2v) is 4.02. The Morgan fingerprint density at radius 1 is 1.00 bits per heavy atom. The third-order valence-corrected chi connectivity index (χ3v) is 2.76. The first-order valence-electron chi connectivity index (χ1n) is 5.52. The van der Waals surface area contributed by atoms with Crippen LogP contribution in [0.25, 0.3) is 10.9 Å². The molecule has 17 heavy (non-hydrogen) atoms. The highest BCUT2D eigenvalue weighted by atomic mass is 16.3. The number of aromatic nitrogens is 2. The molecule has 3 nitrogen and oxygen atoms in total. The molecule has 0 radical (unpaired) electrons. The van der Waals surface area contributed by atoms with Crippen molar-refractivity contribution >= 4 is 10.9 Å². The Bertz CT molecular complexity index is 644. The fraction of sp³-hybridized carbons (Fsp3) is 0.0714. The van der Waals surface area contributed by atoms with E-state index in [2.05, 4.69) is 17.2 Å². The molecule has 0 atom stereocenters. The Hall–Kier alpha value is -2.29. The maximum atomic E-state index is 9.70. The van der Waals surface area contributed by atoms with Crippen molar-refractivity contribution in [1.29, 1.82) is 0 Å². The summed E-state index contributed by atoms with van der Waals surface area (Å²) in [6.07, 6.45) is 1.87. The first kappa shape index (κ1) is 9.90. The van der Waals surface area contributed by atoms with Gasteiger partial charge in [-0.15, -0.1) is 0 Å². The minimum Gasteiger partial charge on any atom is -0.507 e. The molecule has 0 aliphatic rings. The van der Waals surface area contributed by atoms with Crippen molar-refractivity contribution in [2.75, 3.05) is 0 Å². The lowest BCUT2D eigenvalue weighted by atomic mass is 10.2. The maximum Gasteiger partial charge on any atom is 0.126 e. The van der Waals surface area contributed by atoms with Gasteiger partial charge in [-0.25, -0.2) is 0 Å². The van der Waals surface area contributed by atoms with Crippen LogP contribution in [0, 0.1) is 0 Å². The van der Waals surface area contributed by atoms with E-state index in [0.717, 1.165) is 17.4 Å².